The monoisotopic (exact) mass is 211 g/mol. The molecule has 84 valence electrons. The van der Waals surface area contributed by atoms with Crippen molar-refractivity contribution >= 4 is 0 Å². The number of ether oxygens (including phenoxy) is 2. The largest absolute Gasteiger partial charge is 0.497 e. The van der Waals surface area contributed by atoms with E-state index < -0.39 is 0 Å². The molecule has 4 heteroatoms. The molecule has 15 heavy (non-hydrogen) atoms. The average molecular weight is 211 g/mol. The van der Waals surface area contributed by atoms with E-state index >= 15 is 0 Å². The summed E-state index contributed by atoms with van der Waals surface area (Å²) in [5.41, 5.74) is 6.77. The van der Waals surface area contributed by atoms with Crippen molar-refractivity contribution in [1.82, 2.24) is 0 Å². The van der Waals surface area contributed by atoms with E-state index in [1.54, 1.807) is 20.3 Å². The molecule has 1 aromatic carbocycles. The quantitative estimate of drug-likeness (QED) is 0.765. The molecule has 0 spiro atoms. The van der Waals surface area contributed by atoms with Gasteiger partial charge in [-0.25, -0.2) is 0 Å². The minimum Gasteiger partial charge on any atom is -0.497 e. The molecule has 0 amide bonds. The zero-order valence-electron chi connectivity index (χ0n) is 9.06. The highest BCUT2D eigenvalue weighted by molar-refractivity contribution is 5.42. The first kappa shape index (κ1) is 11.8. The van der Waals surface area contributed by atoms with Crippen LogP contribution in [0.1, 0.15) is 18.0 Å². The highest BCUT2D eigenvalue weighted by Crippen LogP contribution is 2.29. The second-order valence-electron chi connectivity index (χ2n) is 3.23. The van der Waals surface area contributed by atoms with Crippen LogP contribution in [0.5, 0.6) is 11.5 Å². The van der Waals surface area contributed by atoms with Gasteiger partial charge in [0.15, 0.2) is 0 Å². The first-order chi connectivity index (χ1) is 7.22. The summed E-state index contributed by atoms with van der Waals surface area (Å²) in [4.78, 5) is 0. The third-order valence-corrected chi connectivity index (χ3v) is 2.28. The third-order valence-electron chi connectivity index (χ3n) is 2.28. The maximum atomic E-state index is 8.82. The summed E-state index contributed by atoms with van der Waals surface area (Å²) in [5, 5.41) is 8.82. The van der Waals surface area contributed by atoms with Crippen LogP contribution in [-0.4, -0.2) is 25.9 Å². The van der Waals surface area contributed by atoms with Crippen molar-refractivity contribution in [3.05, 3.63) is 23.8 Å². The number of rotatable bonds is 5. The average Bonchev–Trinajstić information content (AvgIpc) is 2.28. The SMILES string of the molecule is COc1ccc([C@@H](N)CCO)c(OC)c1. The Morgan fingerprint density at radius 3 is 2.60 bits per heavy atom. The summed E-state index contributed by atoms with van der Waals surface area (Å²) in [5.74, 6) is 1.42. The van der Waals surface area contributed by atoms with Gasteiger partial charge in [0.05, 0.1) is 14.2 Å². The van der Waals surface area contributed by atoms with Crippen molar-refractivity contribution in [2.24, 2.45) is 5.73 Å². The van der Waals surface area contributed by atoms with Crippen molar-refractivity contribution in [2.75, 3.05) is 20.8 Å². The van der Waals surface area contributed by atoms with E-state index in [1.165, 1.54) is 0 Å². The van der Waals surface area contributed by atoms with Gasteiger partial charge < -0.3 is 20.3 Å². The molecule has 4 nitrogen and oxygen atoms in total. The summed E-state index contributed by atoms with van der Waals surface area (Å²) in [6.45, 7) is 0.0658. The number of hydrogen-bond acceptors (Lipinski definition) is 4. The summed E-state index contributed by atoms with van der Waals surface area (Å²) >= 11 is 0. The highest BCUT2D eigenvalue weighted by Gasteiger charge is 2.12. The van der Waals surface area contributed by atoms with Gasteiger partial charge in [-0.1, -0.05) is 6.07 Å². The second kappa shape index (κ2) is 5.58. The molecule has 0 heterocycles. The molecule has 0 radical (unpaired) electrons. The minimum atomic E-state index is -0.212. The number of aliphatic hydroxyl groups excluding tert-OH is 1. The number of methoxy groups -OCH3 is 2. The van der Waals surface area contributed by atoms with E-state index in [1.807, 2.05) is 12.1 Å². The Bertz CT molecular complexity index is 315. The van der Waals surface area contributed by atoms with Crippen LogP contribution in [0.2, 0.25) is 0 Å². The third kappa shape index (κ3) is 2.84. The van der Waals surface area contributed by atoms with Crippen molar-refractivity contribution in [3.63, 3.8) is 0 Å². The first-order valence-electron chi connectivity index (χ1n) is 4.81. The maximum Gasteiger partial charge on any atom is 0.127 e. The highest BCUT2D eigenvalue weighted by atomic mass is 16.5. The summed E-state index contributed by atoms with van der Waals surface area (Å²) < 4.78 is 10.3. The molecular weight excluding hydrogens is 194 g/mol. The van der Waals surface area contributed by atoms with Gasteiger partial charge in [0.2, 0.25) is 0 Å². The van der Waals surface area contributed by atoms with Crippen LogP contribution < -0.4 is 15.2 Å². The van der Waals surface area contributed by atoms with Gasteiger partial charge in [-0.2, -0.15) is 0 Å². The molecule has 1 rings (SSSR count). The number of benzene rings is 1. The molecule has 3 N–H and O–H groups in total. The lowest BCUT2D eigenvalue weighted by Crippen LogP contribution is -2.13. The molecule has 0 fully saturated rings. The smallest absolute Gasteiger partial charge is 0.127 e. The molecular formula is C11H17NO3. The van der Waals surface area contributed by atoms with Crippen LogP contribution in [0.3, 0.4) is 0 Å². The van der Waals surface area contributed by atoms with Gasteiger partial charge in [0, 0.05) is 24.3 Å². The van der Waals surface area contributed by atoms with Crippen molar-refractivity contribution in [1.29, 1.82) is 0 Å². The topological polar surface area (TPSA) is 64.7 Å². The fraction of sp³-hybridized carbons (Fsp3) is 0.455. The lowest BCUT2D eigenvalue weighted by Gasteiger charge is -2.15. The lowest BCUT2D eigenvalue weighted by molar-refractivity contribution is 0.275. The van der Waals surface area contributed by atoms with Crippen LogP contribution in [0.15, 0.2) is 18.2 Å². The van der Waals surface area contributed by atoms with E-state index in [4.69, 9.17) is 20.3 Å². The summed E-state index contributed by atoms with van der Waals surface area (Å²) in [7, 11) is 3.19. The number of hydrogen-bond donors (Lipinski definition) is 2. The summed E-state index contributed by atoms with van der Waals surface area (Å²) in [6.07, 6.45) is 0.517. The second-order valence-corrected chi connectivity index (χ2v) is 3.23. The molecule has 0 aliphatic rings. The Morgan fingerprint density at radius 2 is 2.07 bits per heavy atom. The molecule has 1 aromatic rings. The molecule has 0 aliphatic heterocycles. The molecule has 0 bridgehead atoms. The normalized spacial score (nSPS) is 12.3. The predicted molar refractivity (Wildman–Crippen MR) is 58.2 cm³/mol. The molecule has 0 aromatic heterocycles. The van der Waals surface area contributed by atoms with Crippen LogP contribution in [-0.2, 0) is 0 Å². The Kier molecular flexibility index (Phi) is 4.39. The zero-order chi connectivity index (χ0) is 11.3. The van der Waals surface area contributed by atoms with Gasteiger partial charge >= 0.3 is 0 Å². The molecule has 0 saturated carbocycles. The van der Waals surface area contributed by atoms with Gasteiger partial charge in [0.1, 0.15) is 11.5 Å². The Labute approximate surface area is 89.6 Å². The van der Waals surface area contributed by atoms with Crippen LogP contribution in [0.25, 0.3) is 0 Å². The van der Waals surface area contributed by atoms with E-state index in [0.717, 1.165) is 11.3 Å². The number of nitrogens with two attached hydrogens (primary N) is 1. The van der Waals surface area contributed by atoms with Gasteiger partial charge in [-0.05, 0) is 12.5 Å². The fourth-order valence-corrected chi connectivity index (χ4v) is 1.42. The van der Waals surface area contributed by atoms with Crippen LogP contribution in [0, 0.1) is 0 Å². The van der Waals surface area contributed by atoms with Crippen molar-refractivity contribution < 1.29 is 14.6 Å². The fourth-order valence-electron chi connectivity index (χ4n) is 1.42. The van der Waals surface area contributed by atoms with Crippen molar-refractivity contribution in [2.45, 2.75) is 12.5 Å². The lowest BCUT2D eigenvalue weighted by atomic mass is 10.0. The summed E-state index contributed by atoms with van der Waals surface area (Å²) in [6, 6.07) is 5.26. The predicted octanol–water partition coefficient (Wildman–Crippen LogP) is 1.09. The van der Waals surface area contributed by atoms with Crippen LogP contribution >= 0.6 is 0 Å². The maximum absolute atomic E-state index is 8.82. The Morgan fingerprint density at radius 1 is 1.33 bits per heavy atom. The van der Waals surface area contributed by atoms with E-state index in [9.17, 15) is 0 Å². The van der Waals surface area contributed by atoms with Crippen molar-refractivity contribution in [3.8, 4) is 11.5 Å². The molecule has 0 aliphatic carbocycles. The Hall–Kier alpha value is -1.26. The van der Waals surface area contributed by atoms with Gasteiger partial charge in [-0.15, -0.1) is 0 Å². The molecule has 0 unspecified atom stereocenters. The standard InChI is InChI=1S/C11H17NO3/c1-14-8-3-4-9(10(12)5-6-13)11(7-8)15-2/h3-4,7,10,13H,5-6,12H2,1-2H3/t10-/m0/s1. The van der Waals surface area contributed by atoms with E-state index in [0.29, 0.717) is 12.2 Å². The number of aliphatic hydroxyl groups is 1. The molecule has 1 atom stereocenters. The van der Waals surface area contributed by atoms with Gasteiger partial charge in [0.25, 0.3) is 0 Å². The Balaban J connectivity index is 2.96. The molecule has 0 saturated heterocycles. The van der Waals surface area contributed by atoms with Crippen LogP contribution in [0.4, 0.5) is 0 Å². The first-order valence-corrected chi connectivity index (χ1v) is 4.81. The zero-order valence-corrected chi connectivity index (χ0v) is 9.06. The minimum absolute atomic E-state index is 0.0658. The van der Waals surface area contributed by atoms with E-state index in [-0.39, 0.29) is 12.6 Å². The van der Waals surface area contributed by atoms with Gasteiger partial charge in [-0.3, -0.25) is 0 Å². The van der Waals surface area contributed by atoms with E-state index in [2.05, 4.69) is 0 Å².